The van der Waals surface area contributed by atoms with Crippen LogP contribution in [0, 0.1) is 23.7 Å². The van der Waals surface area contributed by atoms with Crippen LogP contribution in [0.4, 0.5) is 0 Å². The molecule has 12 rings (SSSR count). The average molecular weight is 607 g/mol. The van der Waals surface area contributed by atoms with Crippen molar-refractivity contribution in [2.75, 3.05) is 0 Å². The lowest BCUT2D eigenvalue weighted by molar-refractivity contribution is -0.0393. The molecule has 2 heterocycles. The molecule has 47 heavy (non-hydrogen) atoms. The van der Waals surface area contributed by atoms with Crippen molar-refractivity contribution in [3.8, 4) is 39.9 Å². The molecule has 0 amide bonds. The second-order valence-corrected chi connectivity index (χ2v) is 14.5. The molecule has 5 aromatic carbocycles. The van der Waals surface area contributed by atoms with E-state index in [2.05, 4.69) is 89.5 Å². The Morgan fingerprint density at radius 2 is 1.11 bits per heavy atom. The molecule has 4 saturated carbocycles. The van der Waals surface area contributed by atoms with E-state index in [-0.39, 0.29) is 5.41 Å². The van der Waals surface area contributed by atoms with Crippen LogP contribution >= 0.6 is 0 Å². The van der Waals surface area contributed by atoms with Gasteiger partial charge in [0.1, 0.15) is 0 Å². The summed E-state index contributed by atoms with van der Waals surface area (Å²) in [5.41, 5.74) is 10.4. The summed E-state index contributed by atoms with van der Waals surface area (Å²) in [6, 6.07) is 43.7. The number of fused-ring (bicyclic) bond motifs is 7. The molecular weight excluding hydrogens is 573 g/mol. The molecule has 4 nitrogen and oxygen atoms in total. The summed E-state index contributed by atoms with van der Waals surface area (Å²) in [5, 5.41) is 2.69. The van der Waals surface area contributed by atoms with Crippen LogP contribution in [0.25, 0.3) is 61.7 Å². The summed E-state index contributed by atoms with van der Waals surface area (Å²) in [5.74, 6) is 5.23. The zero-order valence-electron chi connectivity index (χ0n) is 26.2. The van der Waals surface area contributed by atoms with Crippen molar-refractivity contribution in [3.05, 3.63) is 132 Å². The third-order valence-corrected chi connectivity index (χ3v) is 12.2. The van der Waals surface area contributed by atoms with Gasteiger partial charge in [0, 0.05) is 27.3 Å². The van der Waals surface area contributed by atoms with Gasteiger partial charge in [0.15, 0.2) is 11.6 Å². The number of para-hydroxylation sites is 1. The van der Waals surface area contributed by atoms with Gasteiger partial charge in [-0.05, 0) is 90.2 Å². The Morgan fingerprint density at radius 1 is 0.511 bits per heavy atom. The maximum Gasteiger partial charge on any atom is 0.238 e. The number of benzene rings is 5. The highest BCUT2D eigenvalue weighted by molar-refractivity contribution is 6.14. The number of nitrogens with zero attached hydrogens (tertiary/aromatic N) is 4. The molecule has 0 unspecified atom stereocenters. The van der Waals surface area contributed by atoms with Crippen LogP contribution in [0.15, 0.2) is 121 Å². The lowest BCUT2D eigenvalue weighted by Crippen LogP contribution is -2.55. The lowest BCUT2D eigenvalue weighted by Gasteiger charge is -2.61. The van der Waals surface area contributed by atoms with Gasteiger partial charge in [-0.3, -0.25) is 4.57 Å². The first-order valence-electron chi connectivity index (χ1n) is 17.3. The first kappa shape index (κ1) is 26.0. The molecular formula is C43H34N4. The molecule has 5 aliphatic carbocycles. The van der Waals surface area contributed by atoms with Crippen molar-refractivity contribution in [2.45, 2.75) is 37.5 Å². The first-order chi connectivity index (χ1) is 23.3. The molecule has 4 heteroatoms. The number of hydrogen-bond acceptors (Lipinski definition) is 3. The van der Waals surface area contributed by atoms with Gasteiger partial charge >= 0.3 is 0 Å². The molecule has 0 saturated heterocycles. The van der Waals surface area contributed by atoms with Crippen LogP contribution < -0.4 is 0 Å². The smallest absolute Gasteiger partial charge is 0.238 e. The fraction of sp³-hybridized carbons (Fsp3) is 0.233. The molecule has 226 valence electrons. The average Bonchev–Trinajstić information content (AvgIpc) is 3.62. The van der Waals surface area contributed by atoms with Gasteiger partial charge < -0.3 is 0 Å². The summed E-state index contributed by atoms with van der Waals surface area (Å²) in [6.45, 7) is 0. The van der Waals surface area contributed by atoms with Gasteiger partial charge in [0.25, 0.3) is 0 Å². The Kier molecular flexibility index (Phi) is 5.25. The third-order valence-electron chi connectivity index (χ3n) is 12.2. The summed E-state index contributed by atoms with van der Waals surface area (Å²) >= 11 is 0. The Bertz CT molecular complexity index is 2290. The zero-order chi connectivity index (χ0) is 30.7. The monoisotopic (exact) mass is 606 g/mol. The van der Waals surface area contributed by atoms with E-state index in [0.29, 0.717) is 29.4 Å². The van der Waals surface area contributed by atoms with Crippen molar-refractivity contribution >= 4 is 21.8 Å². The molecule has 4 fully saturated rings. The van der Waals surface area contributed by atoms with E-state index in [1.165, 1.54) is 59.5 Å². The van der Waals surface area contributed by atoms with Crippen LogP contribution in [0.2, 0.25) is 0 Å². The molecule has 0 atom stereocenters. The molecule has 0 aliphatic heterocycles. The van der Waals surface area contributed by atoms with Gasteiger partial charge in [0.2, 0.25) is 5.95 Å². The highest BCUT2D eigenvalue weighted by atomic mass is 15.2. The molecule has 1 spiro atoms. The highest BCUT2D eigenvalue weighted by Crippen LogP contribution is 2.70. The highest BCUT2D eigenvalue weighted by Gasteiger charge is 2.62. The first-order valence-corrected chi connectivity index (χ1v) is 17.3. The van der Waals surface area contributed by atoms with E-state index in [4.69, 9.17) is 15.0 Å². The SMILES string of the molecule is c1ccc(-c2nc(-c3ccccc3)nc(-n3c4ccccc4c4c5c(ccc43)-c3ccccc3C53C4CC5CC(C4)CC3C5)n2)cc1. The summed E-state index contributed by atoms with van der Waals surface area (Å²) in [6.07, 6.45) is 6.91. The van der Waals surface area contributed by atoms with Crippen LogP contribution in [-0.2, 0) is 5.41 Å². The molecule has 0 radical (unpaired) electrons. The molecule has 7 aromatic rings. The maximum atomic E-state index is 5.22. The van der Waals surface area contributed by atoms with E-state index >= 15 is 0 Å². The Labute approximate surface area is 274 Å². The van der Waals surface area contributed by atoms with Crippen molar-refractivity contribution in [3.63, 3.8) is 0 Å². The van der Waals surface area contributed by atoms with E-state index < -0.39 is 0 Å². The normalized spacial score (nSPS) is 25.1. The maximum absolute atomic E-state index is 5.22. The molecule has 4 bridgehead atoms. The Hall–Kier alpha value is -5.09. The minimum Gasteiger partial charge on any atom is -0.278 e. The second kappa shape index (κ2) is 9.48. The number of hydrogen-bond donors (Lipinski definition) is 0. The van der Waals surface area contributed by atoms with Crippen LogP contribution in [0.3, 0.4) is 0 Å². The van der Waals surface area contributed by atoms with Gasteiger partial charge in [-0.15, -0.1) is 0 Å². The predicted molar refractivity (Wildman–Crippen MR) is 188 cm³/mol. The summed E-state index contributed by atoms with van der Waals surface area (Å²) in [7, 11) is 0. The van der Waals surface area contributed by atoms with E-state index in [9.17, 15) is 0 Å². The van der Waals surface area contributed by atoms with Crippen molar-refractivity contribution < 1.29 is 0 Å². The second-order valence-electron chi connectivity index (χ2n) is 14.5. The quantitative estimate of drug-likeness (QED) is 0.201. The fourth-order valence-electron chi connectivity index (χ4n) is 10.8. The topological polar surface area (TPSA) is 43.6 Å². The molecule has 2 aromatic heterocycles. The minimum atomic E-state index is 0.0668. The zero-order valence-corrected chi connectivity index (χ0v) is 26.2. The van der Waals surface area contributed by atoms with E-state index in [1.807, 2.05) is 36.4 Å². The lowest BCUT2D eigenvalue weighted by atomic mass is 9.43. The standard InChI is InChI=1S/C43H34N4/c1-3-11-28(12-4-1)40-44-41(29-13-5-2-6-14-29)46-42(45-40)47-36-18-10-8-16-34(36)38-37(47)20-19-33-32-15-7-9-17-35(32)43(39(33)38)30-22-26-21-27(24-30)25-31(43)23-26/h1-20,26-27,30-31H,21-25H2. The van der Waals surface area contributed by atoms with Gasteiger partial charge in [-0.1, -0.05) is 109 Å². The summed E-state index contributed by atoms with van der Waals surface area (Å²) in [4.78, 5) is 15.5. The molecule has 0 N–H and O–H groups in total. The Morgan fingerprint density at radius 3 is 1.79 bits per heavy atom. The van der Waals surface area contributed by atoms with Gasteiger partial charge in [-0.2, -0.15) is 9.97 Å². The van der Waals surface area contributed by atoms with Gasteiger partial charge in [0.05, 0.1) is 11.0 Å². The Balaban J connectivity index is 1.24. The van der Waals surface area contributed by atoms with Gasteiger partial charge in [-0.25, -0.2) is 4.98 Å². The summed E-state index contributed by atoms with van der Waals surface area (Å²) < 4.78 is 2.32. The van der Waals surface area contributed by atoms with Crippen LogP contribution in [0.5, 0.6) is 0 Å². The third kappa shape index (κ3) is 3.45. The number of rotatable bonds is 3. The molecule has 5 aliphatic rings. The van der Waals surface area contributed by atoms with Crippen LogP contribution in [0.1, 0.15) is 43.2 Å². The largest absolute Gasteiger partial charge is 0.278 e. The predicted octanol–water partition coefficient (Wildman–Crippen LogP) is 10.0. The van der Waals surface area contributed by atoms with E-state index in [0.717, 1.165) is 28.5 Å². The fourth-order valence-corrected chi connectivity index (χ4v) is 10.8. The van der Waals surface area contributed by atoms with Crippen molar-refractivity contribution in [1.29, 1.82) is 0 Å². The van der Waals surface area contributed by atoms with Crippen LogP contribution in [-0.4, -0.2) is 19.5 Å². The van der Waals surface area contributed by atoms with Crippen molar-refractivity contribution in [1.82, 2.24) is 19.5 Å². The minimum absolute atomic E-state index is 0.0668. The van der Waals surface area contributed by atoms with Crippen molar-refractivity contribution in [2.24, 2.45) is 23.7 Å². The van der Waals surface area contributed by atoms with E-state index in [1.54, 1.807) is 11.1 Å². The number of aromatic nitrogens is 4.